The van der Waals surface area contributed by atoms with E-state index >= 15 is 0 Å². The quantitative estimate of drug-likeness (QED) is 0.176. The van der Waals surface area contributed by atoms with Crippen molar-refractivity contribution in [1.29, 1.82) is 0 Å². The fraction of sp³-hybridized carbons (Fsp3) is 0.412. The Labute approximate surface area is 240 Å². The first-order chi connectivity index (χ1) is 19.6. The second kappa shape index (κ2) is 21.2. The molecule has 0 aliphatic carbocycles. The Balaban J connectivity index is 1.53. The number of hydrogen-bond donors (Lipinski definition) is 3. The van der Waals surface area contributed by atoms with E-state index in [0.29, 0.717) is 38.9 Å². The Morgan fingerprint density at radius 1 is 0.850 bits per heavy atom. The molecule has 2 rings (SSSR count). The second-order valence-corrected chi connectivity index (χ2v) is 9.74. The van der Waals surface area contributed by atoms with E-state index in [2.05, 4.69) is 90.5 Å². The van der Waals surface area contributed by atoms with Crippen LogP contribution in [-0.2, 0) is 11.2 Å². The molecule has 0 radical (unpaired) electrons. The zero-order valence-electron chi connectivity index (χ0n) is 24.0. The molecule has 0 aromatic heterocycles. The van der Waals surface area contributed by atoms with Crippen molar-refractivity contribution in [3.63, 3.8) is 0 Å². The number of carbonyl (C=O) groups is 2. The number of carbonyl (C=O) groups excluding carboxylic acids is 1. The van der Waals surface area contributed by atoms with E-state index < -0.39 is 6.09 Å². The van der Waals surface area contributed by atoms with Gasteiger partial charge in [-0.15, -0.1) is 0 Å². The molecule has 1 saturated heterocycles. The van der Waals surface area contributed by atoms with Gasteiger partial charge < -0.3 is 20.6 Å². The number of nitrogens with one attached hydrogen (secondary N) is 2. The van der Waals surface area contributed by atoms with Gasteiger partial charge in [0.1, 0.15) is 0 Å². The number of anilines is 1. The minimum atomic E-state index is -0.873. The number of allylic oxidation sites excluding steroid dienone is 12. The van der Waals surface area contributed by atoms with Crippen molar-refractivity contribution in [2.75, 3.05) is 25.0 Å². The molecule has 0 spiro atoms. The van der Waals surface area contributed by atoms with Crippen LogP contribution in [0.15, 0.2) is 97.2 Å². The zero-order valence-corrected chi connectivity index (χ0v) is 24.0. The average Bonchev–Trinajstić information content (AvgIpc) is 2.95. The van der Waals surface area contributed by atoms with E-state index in [0.717, 1.165) is 49.8 Å². The van der Waals surface area contributed by atoms with Gasteiger partial charge >= 0.3 is 6.09 Å². The van der Waals surface area contributed by atoms with Crippen molar-refractivity contribution >= 4 is 17.7 Å². The molecule has 1 unspecified atom stereocenters. The van der Waals surface area contributed by atoms with Crippen molar-refractivity contribution in [2.45, 2.75) is 70.8 Å². The van der Waals surface area contributed by atoms with E-state index in [1.165, 1.54) is 4.90 Å². The van der Waals surface area contributed by atoms with Gasteiger partial charge in [-0.1, -0.05) is 92.0 Å². The first-order valence-electron chi connectivity index (χ1n) is 14.6. The minimum Gasteiger partial charge on any atom is -0.465 e. The lowest BCUT2D eigenvalue weighted by atomic mass is 10.0. The Morgan fingerprint density at radius 2 is 1.38 bits per heavy atom. The summed E-state index contributed by atoms with van der Waals surface area (Å²) in [7, 11) is 0. The molecule has 1 fully saturated rings. The topological polar surface area (TPSA) is 81.7 Å². The Hall–Kier alpha value is -3.64. The molecule has 6 nitrogen and oxygen atoms in total. The fourth-order valence-corrected chi connectivity index (χ4v) is 4.27. The summed E-state index contributed by atoms with van der Waals surface area (Å²) in [6.07, 6.45) is 32.8. The molecule has 6 heteroatoms. The van der Waals surface area contributed by atoms with Crippen molar-refractivity contribution in [3.05, 3.63) is 103 Å². The molecule has 1 aliphatic heterocycles. The lowest BCUT2D eigenvalue weighted by Gasteiger charge is -2.34. The molecule has 3 N–H and O–H groups in total. The van der Waals surface area contributed by atoms with Gasteiger partial charge in [0.05, 0.1) is 6.04 Å². The highest BCUT2D eigenvalue weighted by Crippen LogP contribution is 2.15. The van der Waals surface area contributed by atoms with Crippen molar-refractivity contribution in [1.82, 2.24) is 10.2 Å². The van der Waals surface area contributed by atoms with Crippen LogP contribution in [0.2, 0.25) is 0 Å². The number of nitrogens with zero attached hydrogens (tertiary/aromatic N) is 1. The lowest BCUT2D eigenvalue weighted by Crippen LogP contribution is -2.54. The van der Waals surface area contributed by atoms with Gasteiger partial charge in [-0.05, 0) is 69.1 Å². The number of carboxylic acid groups (broad SMARTS) is 1. The summed E-state index contributed by atoms with van der Waals surface area (Å²) in [5, 5.41) is 15.6. The number of rotatable bonds is 17. The molecule has 1 aliphatic rings. The first-order valence-corrected chi connectivity index (χ1v) is 14.6. The third-order valence-corrected chi connectivity index (χ3v) is 6.44. The lowest BCUT2D eigenvalue weighted by molar-refractivity contribution is -0.116. The zero-order chi connectivity index (χ0) is 28.7. The van der Waals surface area contributed by atoms with E-state index in [4.69, 9.17) is 0 Å². The predicted molar refractivity (Wildman–Crippen MR) is 168 cm³/mol. The molecule has 1 heterocycles. The summed E-state index contributed by atoms with van der Waals surface area (Å²) in [5.74, 6) is -0.0131. The minimum absolute atomic E-state index is 0.0131. The Morgan fingerprint density at radius 3 is 1.90 bits per heavy atom. The van der Waals surface area contributed by atoms with Crippen LogP contribution in [0.4, 0.5) is 10.5 Å². The van der Waals surface area contributed by atoms with Crippen LogP contribution in [0.1, 0.15) is 63.9 Å². The third kappa shape index (κ3) is 15.1. The van der Waals surface area contributed by atoms with Gasteiger partial charge in [0.2, 0.25) is 5.91 Å². The maximum Gasteiger partial charge on any atom is 0.407 e. The van der Waals surface area contributed by atoms with Gasteiger partial charge in [-0.3, -0.25) is 4.79 Å². The van der Waals surface area contributed by atoms with Crippen LogP contribution in [-0.4, -0.2) is 47.7 Å². The van der Waals surface area contributed by atoms with E-state index in [1.54, 1.807) is 0 Å². The van der Waals surface area contributed by atoms with Crippen LogP contribution in [0.25, 0.3) is 0 Å². The molecular formula is C34H47N3O3. The molecule has 1 aromatic carbocycles. The van der Waals surface area contributed by atoms with Crippen molar-refractivity contribution in [2.24, 2.45) is 0 Å². The standard InChI is InChI=1S/C34H47N3O3/c1-2-3-4-5-6-7-8-9-10-11-12-13-14-15-16-17-18-19-20-21-33(38)36-31-24-22-30(23-25-31)28-32-29-35-26-27-37(32)34(39)40/h3-4,6-7,9-10,12-13,15-16,18-19,22-25,32,35H,2,5,8,11,14,17,20-21,26-29H2,1H3,(H,36,38)(H,39,40). The first kappa shape index (κ1) is 32.6. The van der Waals surface area contributed by atoms with Gasteiger partial charge in [0, 0.05) is 31.7 Å². The average molecular weight is 546 g/mol. The van der Waals surface area contributed by atoms with E-state index in [9.17, 15) is 14.7 Å². The summed E-state index contributed by atoms with van der Waals surface area (Å²) in [5.41, 5.74) is 1.81. The molecule has 40 heavy (non-hydrogen) atoms. The maximum absolute atomic E-state index is 12.3. The summed E-state index contributed by atoms with van der Waals surface area (Å²) in [4.78, 5) is 25.2. The van der Waals surface area contributed by atoms with Gasteiger partial charge in [-0.25, -0.2) is 4.79 Å². The monoisotopic (exact) mass is 545 g/mol. The largest absolute Gasteiger partial charge is 0.465 e. The highest BCUT2D eigenvalue weighted by molar-refractivity contribution is 5.90. The molecule has 1 atom stereocenters. The van der Waals surface area contributed by atoms with Gasteiger partial charge in [0.15, 0.2) is 0 Å². The van der Waals surface area contributed by atoms with Crippen LogP contribution in [0, 0.1) is 0 Å². The highest BCUT2D eigenvalue weighted by Gasteiger charge is 2.26. The summed E-state index contributed by atoms with van der Waals surface area (Å²) >= 11 is 0. The second-order valence-electron chi connectivity index (χ2n) is 9.74. The molecular weight excluding hydrogens is 498 g/mol. The van der Waals surface area contributed by atoms with Crippen LogP contribution < -0.4 is 10.6 Å². The molecule has 216 valence electrons. The number of benzene rings is 1. The number of hydrogen-bond acceptors (Lipinski definition) is 3. The van der Waals surface area contributed by atoms with E-state index in [-0.39, 0.29) is 11.9 Å². The van der Waals surface area contributed by atoms with Crippen LogP contribution in [0.3, 0.4) is 0 Å². The van der Waals surface area contributed by atoms with Crippen molar-refractivity contribution < 1.29 is 14.7 Å². The summed E-state index contributed by atoms with van der Waals surface area (Å²) in [6, 6.07) is 7.59. The van der Waals surface area contributed by atoms with Crippen LogP contribution in [0.5, 0.6) is 0 Å². The van der Waals surface area contributed by atoms with Crippen molar-refractivity contribution in [3.8, 4) is 0 Å². The predicted octanol–water partition coefficient (Wildman–Crippen LogP) is 7.60. The molecule has 1 aromatic rings. The molecule has 0 saturated carbocycles. The molecule has 0 bridgehead atoms. The van der Waals surface area contributed by atoms with Crippen LogP contribution >= 0.6 is 0 Å². The SMILES string of the molecule is CCC=CCC=CCC=CCC=CCC=CCC=CCCC(=O)Nc1ccc(CC2CNCCN2C(=O)O)cc1. The maximum atomic E-state index is 12.3. The number of amides is 2. The smallest absolute Gasteiger partial charge is 0.407 e. The fourth-order valence-electron chi connectivity index (χ4n) is 4.27. The number of piperazine rings is 1. The third-order valence-electron chi connectivity index (χ3n) is 6.44. The summed E-state index contributed by atoms with van der Waals surface area (Å²) < 4.78 is 0. The van der Waals surface area contributed by atoms with Gasteiger partial charge in [0.25, 0.3) is 0 Å². The van der Waals surface area contributed by atoms with Gasteiger partial charge in [-0.2, -0.15) is 0 Å². The Kier molecular flexibility index (Phi) is 17.3. The highest BCUT2D eigenvalue weighted by atomic mass is 16.4. The Bertz CT molecular complexity index is 1040. The normalized spacial score (nSPS) is 16.5. The molecule has 2 amide bonds. The van der Waals surface area contributed by atoms with E-state index in [1.807, 2.05) is 24.3 Å². The summed E-state index contributed by atoms with van der Waals surface area (Å²) in [6.45, 7) is 3.99.